The molecule has 5 heteroatoms. The third-order valence-corrected chi connectivity index (χ3v) is 4.57. The van der Waals surface area contributed by atoms with E-state index in [9.17, 15) is 4.79 Å². The second-order valence-corrected chi connectivity index (χ2v) is 6.24. The summed E-state index contributed by atoms with van der Waals surface area (Å²) in [5, 5.41) is 1.58. The van der Waals surface area contributed by atoms with Crippen LogP contribution >= 0.6 is 0 Å². The highest BCUT2D eigenvalue weighted by Crippen LogP contribution is 2.31. The quantitative estimate of drug-likeness (QED) is 0.470. The SMILES string of the molecule is Nc1cccc(-c2cccc3c(=O)on(-c4cc5ccccc5[nH]4)c23)c1. The Kier molecular flexibility index (Phi) is 3.03. The predicted molar refractivity (Wildman–Crippen MR) is 104 cm³/mol. The van der Waals surface area contributed by atoms with Crippen molar-refractivity contribution in [1.29, 1.82) is 0 Å². The first-order valence-electron chi connectivity index (χ1n) is 8.30. The zero-order valence-corrected chi connectivity index (χ0v) is 13.8. The van der Waals surface area contributed by atoms with E-state index in [0.717, 1.165) is 27.5 Å². The molecule has 2 heterocycles. The van der Waals surface area contributed by atoms with Gasteiger partial charge in [0.05, 0.1) is 5.39 Å². The Hall–Kier alpha value is -3.73. The van der Waals surface area contributed by atoms with Crippen LogP contribution in [0, 0.1) is 0 Å². The van der Waals surface area contributed by atoms with Gasteiger partial charge in [0.15, 0.2) is 0 Å². The third-order valence-electron chi connectivity index (χ3n) is 4.57. The summed E-state index contributed by atoms with van der Waals surface area (Å²) in [5.74, 6) is 0.703. The molecule has 0 saturated heterocycles. The van der Waals surface area contributed by atoms with Gasteiger partial charge >= 0.3 is 5.63 Å². The molecular weight excluding hydrogens is 326 g/mol. The molecule has 0 fully saturated rings. The number of benzene rings is 3. The van der Waals surface area contributed by atoms with Gasteiger partial charge in [-0.3, -0.25) is 0 Å². The number of nitrogens with one attached hydrogen (secondary N) is 1. The summed E-state index contributed by atoms with van der Waals surface area (Å²) in [6.07, 6.45) is 0. The van der Waals surface area contributed by atoms with Crippen molar-refractivity contribution < 1.29 is 4.52 Å². The maximum atomic E-state index is 12.4. The molecule has 0 amide bonds. The molecule has 3 aromatic carbocycles. The minimum absolute atomic E-state index is 0.371. The molecule has 0 unspecified atom stereocenters. The van der Waals surface area contributed by atoms with Crippen molar-refractivity contribution in [1.82, 2.24) is 9.72 Å². The van der Waals surface area contributed by atoms with Crippen LogP contribution in [0.3, 0.4) is 0 Å². The standard InChI is InChI=1S/C21H15N3O2/c22-15-7-3-6-13(11-15)16-8-4-9-17-20(16)24(26-21(17)25)19-12-14-5-1-2-10-18(14)23-19/h1-12,23H,22H2. The summed E-state index contributed by atoms with van der Waals surface area (Å²) in [6, 6.07) is 23.1. The van der Waals surface area contributed by atoms with Crippen LogP contribution in [0.15, 0.2) is 82.1 Å². The number of H-pyrrole nitrogens is 1. The lowest BCUT2D eigenvalue weighted by Crippen LogP contribution is -1.95. The Morgan fingerprint density at radius 2 is 1.77 bits per heavy atom. The molecule has 0 aliphatic heterocycles. The Morgan fingerprint density at radius 3 is 2.62 bits per heavy atom. The van der Waals surface area contributed by atoms with Crippen molar-refractivity contribution in [2.45, 2.75) is 0 Å². The molecule has 5 aromatic rings. The fourth-order valence-corrected chi connectivity index (χ4v) is 3.38. The average Bonchev–Trinajstić information content (AvgIpc) is 3.23. The Balaban J connectivity index is 1.85. The predicted octanol–water partition coefficient (Wildman–Crippen LogP) is 4.31. The lowest BCUT2D eigenvalue weighted by molar-refractivity contribution is 0.330. The van der Waals surface area contributed by atoms with Gasteiger partial charge in [0.25, 0.3) is 0 Å². The molecule has 5 rings (SSSR count). The first-order valence-corrected chi connectivity index (χ1v) is 8.30. The van der Waals surface area contributed by atoms with Crippen LogP contribution in [0.4, 0.5) is 5.69 Å². The zero-order valence-electron chi connectivity index (χ0n) is 13.8. The molecule has 0 aliphatic rings. The van der Waals surface area contributed by atoms with Crippen molar-refractivity contribution in [3.63, 3.8) is 0 Å². The van der Waals surface area contributed by atoms with Crippen molar-refractivity contribution in [2.24, 2.45) is 0 Å². The average molecular weight is 341 g/mol. The van der Waals surface area contributed by atoms with Crippen molar-refractivity contribution in [3.05, 3.63) is 83.2 Å². The lowest BCUT2D eigenvalue weighted by atomic mass is 10.0. The van der Waals surface area contributed by atoms with Gasteiger partial charge in [0.1, 0.15) is 11.3 Å². The van der Waals surface area contributed by atoms with E-state index in [1.54, 1.807) is 10.8 Å². The second kappa shape index (κ2) is 5.39. The van der Waals surface area contributed by atoms with Gasteiger partial charge < -0.3 is 15.2 Å². The molecule has 0 bridgehead atoms. The number of nitrogen functional groups attached to an aromatic ring is 1. The summed E-state index contributed by atoms with van der Waals surface area (Å²) < 4.78 is 7.14. The topological polar surface area (TPSA) is 77.0 Å². The molecule has 5 nitrogen and oxygen atoms in total. The number of nitrogens with zero attached hydrogens (tertiary/aromatic N) is 1. The summed E-state index contributed by atoms with van der Waals surface area (Å²) in [4.78, 5) is 15.7. The number of aromatic amines is 1. The van der Waals surface area contributed by atoms with Gasteiger partial charge in [-0.1, -0.05) is 42.5 Å². The van der Waals surface area contributed by atoms with E-state index in [-0.39, 0.29) is 5.63 Å². The largest absolute Gasteiger partial charge is 0.399 e. The Labute approximate surface area is 148 Å². The van der Waals surface area contributed by atoms with Crippen LogP contribution in [-0.4, -0.2) is 9.72 Å². The van der Waals surface area contributed by atoms with Crippen LogP contribution in [0.25, 0.3) is 38.8 Å². The smallest absolute Gasteiger partial charge is 0.365 e. The number of nitrogens with two attached hydrogens (primary N) is 1. The van der Waals surface area contributed by atoms with Gasteiger partial charge in [0, 0.05) is 22.2 Å². The summed E-state index contributed by atoms with van der Waals surface area (Å²) >= 11 is 0. The maximum Gasteiger partial charge on any atom is 0.365 e. The number of para-hydroxylation sites is 2. The minimum Gasteiger partial charge on any atom is -0.399 e. The molecule has 0 aliphatic carbocycles. The number of fused-ring (bicyclic) bond motifs is 2. The number of hydrogen-bond acceptors (Lipinski definition) is 3. The summed E-state index contributed by atoms with van der Waals surface area (Å²) in [7, 11) is 0. The van der Waals surface area contributed by atoms with Crippen LogP contribution in [-0.2, 0) is 0 Å². The molecule has 2 aromatic heterocycles. The van der Waals surface area contributed by atoms with E-state index in [1.807, 2.05) is 66.7 Å². The molecular formula is C21H15N3O2. The van der Waals surface area contributed by atoms with Gasteiger partial charge in [-0.05, 0) is 35.9 Å². The van der Waals surface area contributed by atoms with E-state index >= 15 is 0 Å². The number of anilines is 1. The van der Waals surface area contributed by atoms with E-state index in [1.165, 1.54) is 0 Å². The molecule has 0 saturated carbocycles. The number of aromatic nitrogens is 2. The normalized spacial score (nSPS) is 11.4. The summed E-state index contributed by atoms with van der Waals surface area (Å²) in [5.41, 5.74) is 9.76. The monoisotopic (exact) mass is 341 g/mol. The highest BCUT2D eigenvalue weighted by molar-refractivity contribution is 5.95. The molecule has 0 atom stereocenters. The molecule has 126 valence electrons. The van der Waals surface area contributed by atoms with Crippen molar-refractivity contribution in [3.8, 4) is 16.9 Å². The fraction of sp³-hybridized carbons (Fsp3) is 0. The highest BCUT2D eigenvalue weighted by atomic mass is 16.5. The minimum atomic E-state index is -0.371. The highest BCUT2D eigenvalue weighted by Gasteiger charge is 2.17. The van der Waals surface area contributed by atoms with Gasteiger partial charge in [-0.2, -0.15) is 4.74 Å². The van der Waals surface area contributed by atoms with Crippen LogP contribution in [0.1, 0.15) is 0 Å². The van der Waals surface area contributed by atoms with Gasteiger partial charge in [-0.15, -0.1) is 0 Å². The molecule has 3 N–H and O–H groups in total. The van der Waals surface area contributed by atoms with Crippen LogP contribution < -0.4 is 11.4 Å². The lowest BCUT2D eigenvalue weighted by Gasteiger charge is -2.07. The van der Waals surface area contributed by atoms with E-state index in [0.29, 0.717) is 16.9 Å². The van der Waals surface area contributed by atoms with Crippen LogP contribution in [0.2, 0.25) is 0 Å². The Bertz CT molecular complexity index is 1290. The second-order valence-electron chi connectivity index (χ2n) is 6.24. The third kappa shape index (κ3) is 2.14. The van der Waals surface area contributed by atoms with Crippen molar-refractivity contribution >= 4 is 27.5 Å². The maximum absolute atomic E-state index is 12.4. The molecule has 0 radical (unpaired) electrons. The number of hydrogen-bond donors (Lipinski definition) is 2. The van der Waals surface area contributed by atoms with Gasteiger partial charge in [0.2, 0.25) is 0 Å². The number of rotatable bonds is 2. The summed E-state index contributed by atoms with van der Waals surface area (Å²) in [6.45, 7) is 0. The van der Waals surface area contributed by atoms with Crippen LogP contribution in [0.5, 0.6) is 0 Å². The van der Waals surface area contributed by atoms with E-state index in [4.69, 9.17) is 10.3 Å². The first kappa shape index (κ1) is 14.6. The fourth-order valence-electron chi connectivity index (χ4n) is 3.38. The zero-order chi connectivity index (χ0) is 17.7. The molecule has 26 heavy (non-hydrogen) atoms. The van der Waals surface area contributed by atoms with Crippen molar-refractivity contribution in [2.75, 3.05) is 5.73 Å². The van der Waals surface area contributed by atoms with E-state index < -0.39 is 0 Å². The van der Waals surface area contributed by atoms with E-state index in [2.05, 4.69) is 4.98 Å². The Morgan fingerprint density at radius 1 is 0.923 bits per heavy atom. The van der Waals surface area contributed by atoms with Gasteiger partial charge in [-0.25, -0.2) is 4.79 Å². The molecule has 0 spiro atoms. The first-order chi connectivity index (χ1) is 12.7.